The van der Waals surface area contributed by atoms with Crippen molar-refractivity contribution in [3.8, 4) is 0 Å². The van der Waals surface area contributed by atoms with Gasteiger partial charge in [0.1, 0.15) is 0 Å². The van der Waals surface area contributed by atoms with Crippen molar-refractivity contribution in [1.29, 1.82) is 0 Å². The molecule has 1 aromatic heterocycles. The Kier molecular flexibility index (Phi) is 4.75. The third kappa shape index (κ3) is 3.31. The summed E-state index contributed by atoms with van der Waals surface area (Å²) in [5.41, 5.74) is 6.04. The van der Waals surface area contributed by atoms with Crippen LogP contribution < -0.4 is 5.73 Å². The molecule has 0 spiro atoms. The summed E-state index contributed by atoms with van der Waals surface area (Å²) in [6.07, 6.45) is 9.00. The standard InChI is InChI=1S/C14H25N3O/c1-10(2)12(15)14-16-13(17-18-14)11-8-6-4-3-5-7-9-11/h10-12H,3-9,15H2,1-2H3/t12-/m1/s1. The third-order valence-electron chi connectivity index (χ3n) is 3.93. The predicted octanol–water partition coefficient (Wildman–Crippen LogP) is 3.55. The molecule has 1 saturated carbocycles. The molecule has 4 heteroatoms. The number of hydrogen-bond acceptors (Lipinski definition) is 4. The summed E-state index contributed by atoms with van der Waals surface area (Å²) < 4.78 is 5.33. The Labute approximate surface area is 109 Å². The van der Waals surface area contributed by atoms with Crippen molar-refractivity contribution in [3.05, 3.63) is 11.7 Å². The van der Waals surface area contributed by atoms with Crippen molar-refractivity contribution in [2.24, 2.45) is 11.7 Å². The first kappa shape index (κ1) is 13.5. The molecule has 0 aliphatic heterocycles. The summed E-state index contributed by atoms with van der Waals surface area (Å²) in [7, 11) is 0. The second kappa shape index (κ2) is 6.32. The first-order chi connectivity index (χ1) is 8.68. The molecular formula is C14H25N3O. The molecule has 1 aromatic rings. The van der Waals surface area contributed by atoms with Crippen LogP contribution in [0, 0.1) is 5.92 Å². The highest BCUT2D eigenvalue weighted by atomic mass is 16.5. The third-order valence-corrected chi connectivity index (χ3v) is 3.93. The van der Waals surface area contributed by atoms with Crippen molar-refractivity contribution in [2.75, 3.05) is 0 Å². The molecular weight excluding hydrogens is 226 g/mol. The maximum atomic E-state index is 6.04. The average molecular weight is 251 g/mol. The lowest BCUT2D eigenvalue weighted by molar-refractivity contribution is 0.318. The predicted molar refractivity (Wildman–Crippen MR) is 71.1 cm³/mol. The van der Waals surface area contributed by atoms with Crippen LogP contribution in [0.2, 0.25) is 0 Å². The minimum Gasteiger partial charge on any atom is -0.338 e. The number of hydrogen-bond donors (Lipinski definition) is 1. The zero-order valence-corrected chi connectivity index (χ0v) is 11.6. The summed E-state index contributed by atoms with van der Waals surface area (Å²) in [4.78, 5) is 4.52. The van der Waals surface area contributed by atoms with Crippen LogP contribution in [0.5, 0.6) is 0 Å². The summed E-state index contributed by atoms with van der Waals surface area (Å²) in [5.74, 6) is 2.28. The van der Waals surface area contributed by atoms with Crippen LogP contribution in [0.3, 0.4) is 0 Å². The van der Waals surface area contributed by atoms with Crippen molar-refractivity contribution < 1.29 is 4.52 Å². The second-order valence-electron chi connectivity index (χ2n) is 5.80. The molecule has 0 bridgehead atoms. The molecule has 0 amide bonds. The quantitative estimate of drug-likeness (QED) is 0.892. The molecule has 1 heterocycles. The van der Waals surface area contributed by atoms with E-state index in [2.05, 4.69) is 24.0 Å². The smallest absolute Gasteiger partial charge is 0.243 e. The van der Waals surface area contributed by atoms with Crippen molar-refractivity contribution in [2.45, 2.75) is 70.8 Å². The van der Waals surface area contributed by atoms with Gasteiger partial charge in [-0.1, -0.05) is 51.1 Å². The zero-order chi connectivity index (χ0) is 13.0. The normalized spacial score (nSPS) is 20.7. The van der Waals surface area contributed by atoms with Gasteiger partial charge in [-0.25, -0.2) is 0 Å². The molecule has 2 N–H and O–H groups in total. The van der Waals surface area contributed by atoms with Gasteiger partial charge in [-0.3, -0.25) is 0 Å². The number of nitrogens with zero attached hydrogens (tertiary/aromatic N) is 2. The minimum absolute atomic E-state index is 0.139. The Bertz CT molecular complexity index is 354. The first-order valence-electron chi connectivity index (χ1n) is 7.27. The van der Waals surface area contributed by atoms with Gasteiger partial charge in [0.05, 0.1) is 6.04 Å². The molecule has 1 aliphatic carbocycles. The van der Waals surface area contributed by atoms with Crippen molar-refractivity contribution in [1.82, 2.24) is 10.1 Å². The fraction of sp³-hybridized carbons (Fsp3) is 0.857. The lowest BCUT2D eigenvalue weighted by atomic mass is 9.91. The Morgan fingerprint density at radius 1 is 1.11 bits per heavy atom. The molecule has 1 atom stereocenters. The topological polar surface area (TPSA) is 64.9 Å². The average Bonchev–Trinajstić information content (AvgIpc) is 2.76. The molecule has 0 unspecified atom stereocenters. The molecule has 0 aromatic carbocycles. The molecule has 1 fully saturated rings. The van der Waals surface area contributed by atoms with Crippen LogP contribution in [0.1, 0.15) is 82.5 Å². The van der Waals surface area contributed by atoms with Crippen LogP contribution in [-0.4, -0.2) is 10.1 Å². The first-order valence-corrected chi connectivity index (χ1v) is 7.27. The van der Waals surface area contributed by atoms with Gasteiger partial charge in [0.2, 0.25) is 5.89 Å². The van der Waals surface area contributed by atoms with Gasteiger partial charge in [0, 0.05) is 5.92 Å². The lowest BCUT2D eigenvalue weighted by Crippen LogP contribution is -2.17. The van der Waals surface area contributed by atoms with Crippen LogP contribution >= 0.6 is 0 Å². The molecule has 2 rings (SSSR count). The maximum Gasteiger partial charge on any atom is 0.243 e. The van der Waals surface area contributed by atoms with E-state index in [-0.39, 0.29) is 6.04 Å². The summed E-state index contributed by atoms with van der Waals surface area (Å²) in [6.45, 7) is 4.15. The van der Waals surface area contributed by atoms with Crippen LogP contribution in [0.4, 0.5) is 0 Å². The largest absolute Gasteiger partial charge is 0.338 e. The van der Waals surface area contributed by atoms with E-state index in [0.717, 1.165) is 5.82 Å². The fourth-order valence-corrected chi connectivity index (χ4v) is 2.55. The fourth-order valence-electron chi connectivity index (χ4n) is 2.55. The molecule has 102 valence electrons. The van der Waals surface area contributed by atoms with Gasteiger partial charge in [0.15, 0.2) is 5.82 Å². The van der Waals surface area contributed by atoms with Crippen LogP contribution in [0.25, 0.3) is 0 Å². The molecule has 0 saturated heterocycles. The molecule has 0 radical (unpaired) electrons. The van der Waals surface area contributed by atoms with E-state index in [0.29, 0.717) is 17.7 Å². The van der Waals surface area contributed by atoms with Crippen LogP contribution in [-0.2, 0) is 0 Å². The Morgan fingerprint density at radius 3 is 2.33 bits per heavy atom. The highest BCUT2D eigenvalue weighted by Crippen LogP contribution is 2.30. The van der Waals surface area contributed by atoms with Crippen molar-refractivity contribution in [3.63, 3.8) is 0 Å². The monoisotopic (exact) mass is 251 g/mol. The van der Waals surface area contributed by atoms with Crippen molar-refractivity contribution >= 4 is 0 Å². The SMILES string of the molecule is CC(C)[C@@H](N)c1nc(C2CCCCCCC2)no1. The highest BCUT2D eigenvalue weighted by Gasteiger charge is 2.22. The number of rotatable bonds is 3. The zero-order valence-electron chi connectivity index (χ0n) is 11.6. The van der Waals surface area contributed by atoms with Gasteiger partial charge < -0.3 is 10.3 Å². The van der Waals surface area contributed by atoms with E-state index in [4.69, 9.17) is 10.3 Å². The van der Waals surface area contributed by atoms with Gasteiger partial charge in [0.25, 0.3) is 0 Å². The van der Waals surface area contributed by atoms with Gasteiger partial charge in [-0.15, -0.1) is 0 Å². The minimum atomic E-state index is -0.139. The van der Waals surface area contributed by atoms with E-state index >= 15 is 0 Å². The summed E-state index contributed by atoms with van der Waals surface area (Å²) >= 11 is 0. The lowest BCUT2D eigenvalue weighted by Gasteiger charge is -2.16. The van der Waals surface area contributed by atoms with Crippen LogP contribution in [0.15, 0.2) is 4.52 Å². The van der Waals surface area contributed by atoms with Gasteiger partial charge in [-0.2, -0.15) is 4.98 Å². The molecule has 4 nitrogen and oxygen atoms in total. The van der Waals surface area contributed by atoms with E-state index in [9.17, 15) is 0 Å². The number of nitrogens with two attached hydrogens (primary N) is 1. The van der Waals surface area contributed by atoms with E-state index < -0.39 is 0 Å². The highest BCUT2D eigenvalue weighted by molar-refractivity contribution is 4.99. The van der Waals surface area contributed by atoms with E-state index in [1.807, 2.05) is 0 Å². The Balaban J connectivity index is 2.03. The van der Waals surface area contributed by atoms with Gasteiger partial charge in [-0.05, 0) is 18.8 Å². The second-order valence-corrected chi connectivity index (χ2v) is 5.80. The van der Waals surface area contributed by atoms with E-state index in [1.54, 1.807) is 0 Å². The summed E-state index contributed by atoms with van der Waals surface area (Å²) in [5, 5.41) is 4.15. The molecule has 18 heavy (non-hydrogen) atoms. The van der Waals surface area contributed by atoms with E-state index in [1.165, 1.54) is 44.9 Å². The maximum absolute atomic E-state index is 6.04. The molecule has 1 aliphatic rings. The Morgan fingerprint density at radius 2 is 1.72 bits per heavy atom. The summed E-state index contributed by atoms with van der Waals surface area (Å²) in [6, 6.07) is -0.139. The Hall–Kier alpha value is -0.900. The number of aromatic nitrogens is 2. The van der Waals surface area contributed by atoms with Gasteiger partial charge >= 0.3 is 0 Å².